The number of aromatic nitrogens is 4. The van der Waals surface area contributed by atoms with Gasteiger partial charge >= 0.3 is 6.18 Å². The predicted octanol–water partition coefficient (Wildman–Crippen LogP) is 1.56. The summed E-state index contributed by atoms with van der Waals surface area (Å²) in [5.41, 5.74) is 1.30. The number of amides is 1. The van der Waals surface area contributed by atoms with Gasteiger partial charge in [-0.1, -0.05) is 0 Å². The first-order valence-electron chi connectivity index (χ1n) is 6.28. The van der Waals surface area contributed by atoms with Gasteiger partial charge in [0.2, 0.25) is 5.91 Å². The van der Waals surface area contributed by atoms with Crippen LogP contribution in [-0.2, 0) is 22.8 Å². The molecule has 2 aromatic heterocycles. The molecule has 0 spiro atoms. The van der Waals surface area contributed by atoms with Gasteiger partial charge < -0.3 is 10.1 Å². The number of ether oxygens (including phenoxy) is 1. The monoisotopic (exact) mass is 317 g/mol. The highest BCUT2D eigenvalue weighted by molar-refractivity contribution is 5.90. The third-order valence-electron chi connectivity index (χ3n) is 2.47. The molecular formula is C12H14F3N5O2. The standard InChI is InChI=1S/C12H14F3N5O2/c1-9-2-16-19(4-9)6-11(21)18-10-3-17-20(5-10)8-22-7-12(13,14)15/h2-5H,6-8H2,1H3,(H,18,21). The van der Waals surface area contributed by atoms with E-state index in [4.69, 9.17) is 0 Å². The fourth-order valence-electron chi connectivity index (χ4n) is 1.65. The maximum absolute atomic E-state index is 11.9. The van der Waals surface area contributed by atoms with E-state index < -0.39 is 12.8 Å². The number of aryl methyl sites for hydroxylation is 1. The Hall–Kier alpha value is -2.36. The molecule has 1 N–H and O–H groups in total. The number of halogens is 3. The van der Waals surface area contributed by atoms with Gasteiger partial charge in [-0.15, -0.1) is 0 Å². The van der Waals surface area contributed by atoms with Crippen LogP contribution in [0.2, 0.25) is 0 Å². The summed E-state index contributed by atoms with van der Waals surface area (Å²) in [6.07, 6.45) is 1.66. The highest BCUT2D eigenvalue weighted by atomic mass is 19.4. The Kier molecular flexibility index (Phi) is 4.81. The van der Waals surface area contributed by atoms with Gasteiger partial charge in [-0.05, 0) is 12.5 Å². The summed E-state index contributed by atoms with van der Waals surface area (Å²) in [5.74, 6) is -0.321. The maximum Gasteiger partial charge on any atom is 0.411 e. The Morgan fingerprint density at radius 2 is 2.00 bits per heavy atom. The van der Waals surface area contributed by atoms with Gasteiger partial charge in [0.25, 0.3) is 0 Å². The van der Waals surface area contributed by atoms with E-state index >= 15 is 0 Å². The number of carbonyl (C=O) groups excluding carboxylic acids is 1. The van der Waals surface area contributed by atoms with Crippen molar-refractivity contribution in [1.82, 2.24) is 19.6 Å². The van der Waals surface area contributed by atoms with E-state index in [9.17, 15) is 18.0 Å². The Balaban J connectivity index is 1.80. The van der Waals surface area contributed by atoms with Crippen molar-refractivity contribution >= 4 is 11.6 Å². The average Bonchev–Trinajstić information content (AvgIpc) is 2.97. The van der Waals surface area contributed by atoms with E-state index in [0.717, 1.165) is 10.2 Å². The summed E-state index contributed by atoms with van der Waals surface area (Å²) in [6.45, 7) is 0.177. The van der Waals surface area contributed by atoms with Crippen LogP contribution in [0.1, 0.15) is 5.56 Å². The van der Waals surface area contributed by atoms with Gasteiger partial charge in [-0.2, -0.15) is 23.4 Å². The molecule has 0 fully saturated rings. The van der Waals surface area contributed by atoms with Crippen LogP contribution in [-0.4, -0.2) is 38.3 Å². The molecule has 0 bridgehead atoms. The summed E-state index contributed by atoms with van der Waals surface area (Å²) in [6, 6.07) is 0. The molecule has 0 atom stereocenters. The fourth-order valence-corrected chi connectivity index (χ4v) is 1.65. The summed E-state index contributed by atoms with van der Waals surface area (Å²) in [5, 5.41) is 10.3. The van der Waals surface area contributed by atoms with E-state index in [1.165, 1.54) is 17.1 Å². The van der Waals surface area contributed by atoms with Crippen molar-refractivity contribution in [3.05, 3.63) is 30.4 Å². The van der Waals surface area contributed by atoms with Crippen molar-refractivity contribution in [3.8, 4) is 0 Å². The summed E-state index contributed by atoms with van der Waals surface area (Å²) >= 11 is 0. The van der Waals surface area contributed by atoms with Crippen molar-refractivity contribution in [3.63, 3.8) is 0 Å². The molecule has 120 valence electrons. The minimum absolute atomic E-state index is 0.0313. The number of hydrogen-bond donors (Lipinski definition) is 1. The third-order valence-corrected chi connectivity index (χ3v) is 2.47. The van der Waals surface area contributed by atoms with Gasteiger partial charge in [0, 0.05) is 6.20 Å². The molecule has 1 amide bonds. The van der Waals surface area contributed by atoms with Crippen molar-refractivity contribution in [2.75, 3.05) is 11.9 Å². The molecule has 0 radical (unpaired) electrons. The Labute approximate surface area is 123 Å². The highest BCUT2D eigenvalue weighted by Crippen LogP contribution is 2.14. The SMILES string of the molecule is Cc1cnn(CC(=O)Nc2cnn(COCC(F)(F)F)c2)c1. The molecule has 0 aliphatic carbocycles. The van der Waals surface area contributed by atoms with Gasteiger partial charge in [0.05, 0.1) is 24.3 Å². The van der Waals surface area contributed by atoms with Crippen LogP contribution in [0, 0.1) is 6.92 Å². The second-order valence-corrected chi connectivity index (χ2v) is 4.62. The van der Waals surface area contributed by atoms with Gasteiger partial charge in [0.1, 0.15) is 19.9 Å². The van der Waals surface area contributed by atoms with E-state index in [1.807, 2.05) is 6.92 Å². The van der Waals surface area contributed by atoms with Crippen LogP contribution in [0.15, 0.2) is 24.8 Å². The summed E-state index contributed by atoms with van der Waals surface area (Å²) in [7, 11) is 0. The normalized spacial score (nSPS) is 11.6. The molecule has 7 nitrogen and oxygen atoms in total. The molecule has 0 saturated carbocycles. The molecule has 2 heterocycles. The van der Waals surface area contributed by atoms with Crippen LogP contribution in [0.3, 0.4) is 0 Å². The second kappa shape index (κ2) is 6.60. The lowest BCUT2D eigenvalue weighted by atomic mass is 10.4. The predicted molar refractivity (Wildman–Crippen MR) is 69.8 cm³/mol. The lowest BCUT2D eigenvalue weighted by Gasteiger charge is -2.07. The van der Waals surface area contributed by atoms with Crippen LogP contribution in [0.25, 0.3) is 0 Å². The second-order valence-electron chi connectivity index (χ2n) is 4.62. The topological polar surface area (TPSA) is 74.0 Å². The molecule has 0 aliphatic heterocycles. The lowest BCUT2D eigenvalue weighted by molar-refractivity contribution is -0.182. The Bertz CT molecular complexity index is 635. The molecule has 22 heavy (non-hydrogen) atoms. The van der Waals surface area contributed by atoms with E-state index in [-0.39, 0.29) is 19.2 Å². The van der Waals surface area contributed by atoms with Crippen molar-refractivity contribution in [2.24, 2.45) is 0 Å². The first-order valence-corrected chi connectivity index (χ1v) is 6.28. The Morgan fingerprint density at radius 1 is 1.27 bits per heavy atom. The van der Waals surface area contributed by atoms with E-state index in [1.54, 1.807) is 12.4 Å². The number of rotatable bonds is 6. The fraction of sp³-hybridized carbons (Fsp3) is 0.417. The minimum atomic E-state index is -4.38. The largest absolute Gasteiger partial charge is 0.411 e. The molecule has 0 saturated heterocycles. The molecule has 0 aliphatic rings. The zero-order chi connectivity index (χ0) is 16.2. The molecular weight excluding hydrogens is 303 g/mol. The van der Waals surface area contributed by atoms with Gasteiger partial charge in [-0.3, -0.25) is 9.48 Å². The van der Waals surface area contributed by atoms with Crippen LogP contribution in [0.5, 0.6) is 0 Å². The first-order chi connectivity index (χ1) is 10.3. The third kappa shape index (κ3) is 5.20. The summed E-state index contributed by atoms with van der Waals surface area (Å²) < 4.78 is 42.8. The summed E-state index contributed by atoms with van der Waals surface area (Å²) in [4.78, 5) is 11.8. The number of nitrogens with zero attached hydrogens (tertiary/aromatic N) is 4. The van der Waals surface area contributed by atoms with Gasteiger partial charge in [-0.25, -0.2) is 4.68 Å². The molecule has 2 aromatic rings. The number of nitrogens with one attached hydrogen (secondary N) is 1. The molecule has 10 heteroatoms. The van der Waals surface area contributed by atoms with E-state index in [0.29, 0.717) is 5.69 Å². The minimum Gasteiger partial charge on any atom is -0.350 e. The zero-order valence-corrected chi connectivity index (χ0v) is 11.7. The number of carbonyl (C=O) groups is 1. The number of alkyl halides is 3. The lowest BCUT2D eigenvalue weighted by Crippen LogP contribution is -2.19. The quantitative estimate of drug-likeness (QED) is 0.877. The molecule has 0 unspecified atom stereocenters. The van der Waals surface area contributed by atoms with Crippen molar-refractivity contribution < 1.29 is 22.7 Å². The Morgan fingerprint density at radius 3 is 2.64 bits per heavy atom. The van der Waals surface area contributed by atoms with Crippen LogP contribution < -0.4 is 5.32 Å². The van der Waals surface area contributed by atoms with Crippen LogP contribution >= 0.6 is 0 Å². The average molecular weight is 317 g/mol. The highest BCUT2D eigenvalue weighted by Gasteiger charge is 2.27. The number of hydrogen-bond acceptors (Lipinski definition) is 4. The molecule has 2 rings (SSSR count). The van der Waals surface area contributed by atoms with Crippen molar-refractivity contribution in [2.45, 2.75) is 26.4 Å². The van der Waals surface area contributed by atoms with Crippen molar-refractivity contribution in [1.29, 1.82) is 0 Å². The van der Waals surface area contributed by atoms with E-state index in [2.05, 4.69) is 20.3 Å². The van der Waals surface area contributed by atoms with Crippen LogP contribution in [0.4, 0.5) is 18.9 Å². The zero-order valence-electron chi connectivity index (χ0n) is 11.7. The first kappa shape index (κ1) is 16.0. The number of anilines is 1. The smallest absolute Gasteiger partial charge is 0.350 e. The molecule has 0 aromatic carbocycles. The van der Waals surface area contributed by atoms with Gasteiger partial charge in [0.15, 0.2) is 0 Å². The maximum atomic E-state index is 11.9.